The summed E-state index contributed by atoms with van der Waals surface area (Å²) in [5.41, 5.74) is 0.662. The number of aromatic nitrogens is 2. The molecule has 1 aromatic heterocycles. The minimum atomic E-state index is -3.07. The number of sulfone groups is 1. The largest absolute Gasteiger partial charge is 0.481 e. The monoisotopic (exact) mass is 367 g/mol. The Balaban J connectivity index is 1.67. The normalized spacial score (nSPS) is 18.9. The summed E-state index contributed by atoms with van der Waals surface area (Å²) >= 11 is 0. The van der Waals surface area contributed by atoms with Gasteiger partial charge in [0.1, 0.15) is 5.82 Å². The smallest absolute Gasteiger partial charge is 0.263 e. The maximum Gasteiger partial charge on any atom is 0.263 e. The first-order valence-electron chi connectivity index (χ1n) is 7.78. The van der Waals surface area contributed by atoms with Crippen LogP contribution in [0.25, 0.3) is 0 Å². The van der Waals surface area contributed by atoms with E-state index in [0.717, 1.165) is 0 Å². The number of rotatable bonds is 5. The van der Waals surface area contributed by atoms with Crippen LogP contribution in [-0.4, -0.2) is 42.2 Å². The van der Waals surface area contributed by atoms with Crippen LogP contribution < -0.4 is 10.1 Å². The molecule has 1 atom stereocenters. The predicted molar refractivity (Wildman–Crippen MR) is 89.8 cm³/mol. The molecule has 7 nitrogen and oxygen atoms in total. The lowest BCUT2D eigenvalue weighted by atomic mass is 10.3. The quantitative estimate of drug-likeness (QED) is 0.869. The summed E-state index contributed by atoms with van der Waals surface area (Å²) in [5.74, 6) is -0.521. The molecule has 1 saturated heterocycles. The first-order chi connectivity index (χ1) is 11.8. The number of hydrogen-bond donors (Lipinski definition) is 1. The molecule has 2 aromatic rings. The molecular weight excluding hydrogens is 349 g/mol. The van der Waals surface area contributed by atoms with Crippen molar-refractivity contribution in [2.45, 2.75) is 19.4 Å². The minimum absolute atomic E-state index is 0.00270. The van der Waals surface area contributed by atoms with Crippen molar-refractivity contribution in [3.8, 4) is 5.75 Å². The molecule has 0 spiro atoms. The lowest BCUT2D eigenvalue weighted by molar-refractivity contribution is -0.118. The highest BCUT2D eigenvalue weighted by Crippen LogP contribution is 2.27. The van der Waals surface area contributed by atoms with Gasteiger partial charge in [-0.3, -0.25) is 4.79 Å². The van der Waals surface area contributed by atoms with E-state index in [1.54, 1.807) is 19.1 Å². The molecule has 1 aromatic carbocycles. The van der Waals surface area contributed by atoms with Crippen molar-refractivity contribution in [3.63, 3.8) is 0 Å². The van der Waals surface area contributed by atoms with Gasteiger partial charge in [-0.1, -0.05) is 12.1 Å². The first kappa shape index (κ1) is 17.4. The van der Waals surface area contributed by atoms with Crippen LogP contribution in [0.2, 0.25) is 0 Å². The fourth-order valence-corrected chi connectivity index (χ4v) is 4.43. The van der Waals surface area contributed by atoms with Crippen LogP contribution in [0, 0.1) is 12.7 Å². The van der Waals surface area contributed by atoms with Crippen molar-refractivity contribution in [3.05, 3.63) is 41.8 Å². The Kier molecular flexibility index (Phi) is 4.76. The highest BCUT2D eigenvalue weighted by molar-refractivity contribution is 7.91. The molecule has 1 aliphatic rings. The number of carbonyl (C=O) groups excluding carboxylic acids is 1. The molecule has 0 aliphatic carbocycles. The van der Waals surface area contributed by atoms with E-state index in [0.29, 0.717) is 17.9 Å². The van der Waals surface area contributed by atoms with Crippen LogP contribution in [0.15, 0.2) is 30.3 Å². The van der Waals surface area contributed by atoms with Crippen LogP contribution in [0.4, 0.5) is 10.2 Å². The first-order valence-corrected chi connectivity index (χ1v) is 9.60. The van der Waals surface area contributed by atoms with Crippen molar-refractivity contribution in [2.24, 2.45) is 0 Å². The number of halogens is 1. The summed E-state index contributed by atoms with van der Waals surface area (Å²) < 4.78 is 43.5. The fraction of sp³-hybridized carbons (Fsp3) is 0.375. The van der Waals surface area contributed by atoms with Gasteiger partial charge in [0, 0.05) is 6.07 Å². The van der Waals surface area contributed by atoms with Gasteiger partial charge in [-0.15, -0.1) is 0 Å². The summed E-state index contributed by atoms with van der Waals surface area (Å²) in [6, 6.07) is 7.16. The van der Waals surface area contributed by atoms with E-state index in [4.69, 9.17) is 4.74 Å². The standard InChI is InChI=1S/C16H18FN3O4S/c1-11-8-15(20(19-11)12-6-7-25(22,23)10-12)18-16(21)9-24-14-5-3-2-4-13(14)17/h2-5,8,12H,6-7,9-10H2,1H3,(H,18,21)/t12-/m1/s1. The van der Waals surface area contributed by atoms with Crippen LogP contribution in [0.5, 0.6) is 5.75 Å². The third-order valence-corrected chi connectivity index (χ3v) is 5.63. The van der Waals surface area contributed by atoms with Crippen molar-refractivity contribution in [1.82, 2.24) is 9.78 Å². The van der Waals surface area contributed by atoms with Gasteiger partial charge in [0.2, 0.25) is 0 Å². The number of aryl methyl sites for hydroxylation is 1. The van der Waals surface area contributed by atoms with Crippen LogP contribution >= 0.6 is 0 Å². The molecule has 1 fully saturated rings. The van der Waals surface area contributed by atoms with Gasteiger partial charge in [0.25, 0.3) is 5.91 Å². The van der Waals surface area contributed by atoms with Crippen molar-refractivity contribution in [1.29, 1.82) is 0 Å². The molecule has 2 heterocycles. The third kappa shape index (κ3) is 4.16. The number of nitrogens with one attached hydrogen (secondary N) is 1. The molecule has 1 N–H and O–H groups in total. The summed E-state index contributed by atoms with van der Waals surface area (Å²) in [6.45, 7) is 1.39. The number of hydrogen-bond acceptors (Lipinski definition) is 5. The molecule has 1 aliphatic heterocycles. The molecule has 134 valence electrons. The third-order valence-electron chi connectivity index (χ3n) is 3.88. The Morgan fingerprint density at radius 1 is 1.44 bits per heavy atom. The number of ether oxygens (including phenoxy) is 1. The van der Waals surface area contributed by atoms with Crippen LogP contribution in [0.3, 0.4) is 0 Å². The average Bonchev–Trinajstić information content (AvgIpc) is 3.08. The Hall–Kier alpha value is -2.42. The fourth-order valence-electron chi connectivity index (χ4n) is 2.74. The van der Waals surface area contributed by atoms with Gasteiger partial charge in [-0.25, -0.2) is 17.5 Å². The van der Waals surface area contributed by atoms with Gasteiger partial charge in [0.05, 0.1) is 23.2 Å². The number of nitrogens with zero attached hydrogens (tertiary/aromatic N) is 2. The lowest BCUT2D eigenvalue weighted by Gasteiger charge is -2.14. The minimum Gasteiger partial charge on any atom is -0.481 e. The SMILES string of the molecule is Cc1cc(NC(=O)COc2ccccc2F)n([C@@H]2CCS(=O)(=O)C2)n1. The summed E-state index contributed by atoms with van der Waals surface area (Å²) in [6.07, 6.45) is 0.456. The van der Waals surface area contributed by atoms with E-state index in [2.05, 4.69) is 10.4 Å². The summed E-state index contributed by atoms with van der Waals surface area (Å²) in [4.78, 5) is 12.1. The number of para-hydroxylation sites is 1. The predicted octanol–water partition coefficient (Wildman–Crippen LogP) is 1.71. The maximum atomic E-state index is 13.5. The number of anilines is 1. The molecule has 25 heavy (non-hydrogen) atoms. The number of carbonyl (C=O) groups is 1. The molecule has 1 amide bonds. The molecule has 0 unspecified atom stereocenters. The lowest BCUT2D eigenvalue weighted by Crippen LogP contribution is -2.24. The Morgan fingerprint density at radius 2 is 2.20 bits per heavy atom. The van der Waals surface area contributed by atoms with E-state index in [1.807, 2.05) is 0 Å². The van der Waals surface area contributed by atoms with Gasteiger partial charge >= 0.3 is 0 Å². The molecule has 9 heteroatoms. The molecule has 0 saturated carbocycles. The zero-order valence-corrected chi connectivity index (χ0v) is 14.4. The van der Waals surface area contributed by atoms with Crippen molar-refractivity contribution >= 4 is 21.6 Å². The summed E-state index contributed by atoms with van der Waals surface area (Å²) in [5, 5.41) is 6.92. The maximum absolute atomic E-state index is 13.5. The number of benzene rings is 1. The van der Waals surface area contributed by atoms with Gasteiger partial charge in [-0.05, 0) is 25.5 Å². The van der Waals surface area contributed by atoms with E-state index in [9.17, 15) is 17.6 Å². The topological polar surface area (TPSA) is 90.3 Å². The summed E-state index contributed by atoms with van der Waals surface area (Å²) in [7, 11) is -3.07. The zero-order valence-electron chi connectivity index (χ0n) is 13.6. The Bertz CT molecular complexity index is 895. The highest BCUT2D eigenvalue weighted by Gasteiger charge is 2.31. The average molecular weight is 367 g/mol. The second kappa shape index (κ2) is 6.83. The Morgan fingerprint density at radius 3 is 2.88 bits per heavy atom. The van der Waals surface area contributed by atoms with E-state index in [1.165, 1.54) is 22.9 Å². The van der Waals surface area contributed by atoms with Crippen LogP contribution in [-0.2, 0) is 14.6 Å². The second-order valence-electron chi connectivity index (χ2n) is 5.94. The van der Waals surface area contributed by atoms with E-state index >= 15 is 0 Å². The second-order valence-corrected chi connectivity index (χ2v) is 8.17. The van der Waals surface area contributed by atoms with Gasteiger partial charge in [0.15, 0.2) is 28.0 Å². The van der Waals surface area contributed by atoms with E-state index < -0.39 is 21.6 Å². The highest BCUT2D eigenvalue weighted by atomic mass is 32.2. The molecule has 0 bridgehead atoms. The van der Waals surface area contributed by atoms with Crippen molar-refractivity contribution < 1.29 is 22.3 Å². The van der Waals surface area contributed by atoms with Crippen LogP contribution in [0.1, 0.15) is 18.2 Å². The van der Waals surface area contributed by atoms with Gasteiger partial charge < -0.3 is 10.1 Å². The number of amides is 1. The molecular formula is C16H18FN3O4S. The Labute approximate surface area is 144 Å². The van der Waals surface area contributed by atoms with Gasteiger partial charge in [-0.2, -0.15) is 5.10 Å². The molecule has 3 rings (SSSR count). The van der Waals surface area contributed by atoms with E-state index in [-0.39, 0.29) is 29.9 Å². The zero-order chi connectivity index (χ0) is 18.0. The van der Waals surface area contributed by atoms with Crippen molar-refractivity contribution in [2.75, 3.05) is 23.4 Å². The molecule has 0 radical (unpaired) electrons.